The van der Waals surface area contributed by atoms with Crippen molar-refractivity contribution in [3.05, 3.63) is 48.0 Å². The van der Waals surface area contributed by atoms with E-state index in [9.17, 15) is 29.7 Å². The molecule has 9 nitrogen and oxygen atoms in total. The minimum Gasteiger partial charge on any atom is -0.458 e. The maximum atomic E-state index is 14.3. The standard InChI is InChI=1S/C30H39NO8/c1-15-10-9-13-19-24(34)28(4,36)16(2)21-20(14-18-11-7-6-8-12-18)31-27(35)30(19,21)26(38-17(3)32)22-25(39-22)29(5,37)23(15)33/h6-9,11-13,15-16,19-22,24-26,34,36-37H,10,14H2,1-5H3,(H,31,35)/t15-,16-,19-,20-,21-,22+,24-,25+,26+,28+,29-,30-/m0/s1. The van der Waals surface area contributed by atoms with Gasteiger partial charge in [-0.15, -0.1) is 0 Å². The summed E-state index contributed by atoms with van der Waals surface area (Å²) >= 11 is 0. The molecule has 0 unspecified atom stereocenters. The van der Waals surface area contributed by atoms with Crippen LogP contribution in [0.5, 0.6) is 0 Å². The molecule has 1 spiro atoms. The topological polar surface area (TPSA) is 146 Å². The summed E-state index contributed by atoms with van der Waals surface area (Å²) in [7, 11) is 0. The van der Waals surface area contributed by atoms with Crippen LogP contribution in [0.3, 0.4) is 0 Å². The maximum absolute atomic E-state index is 14.3. The Labute approximate surface area is 228 Å². The smallest absolute Gasteiger partial charge is 0.303 e. The average Bonchev–Trinajstić information content (AvgIpc) is 3.63. The summed E-state index contributed by atoms with van der Waals surface area (Å²) in [5.41, 5.74) is -4.00. The number of ketones is 1. The third kappa shape index (κ3) is 4.17. The number of ether oxygens (including phenoxy) is 2. The maximum Gasteiger partial charge on any atom is 0.303 e. The van der Waals surface area contributed by atoms with E-state index in [4.69, 9.17) is 9.47 Å². The van der Waals surface area contributed by atoms with Crippen molar-refractivity contribution in [3.63, 3.8) is 0 Å². The van der Waals surface area contributed by atoms with Crippen LogP contribution < -0.4 is 5.32 Å². The number of aliphatic hydroxyl groups is 3. The van der Waals surface area contributed by atoms with Crippen molar-refractivity contribution in [3.8, 4) is 0 Å². The predicted molar refractivity (Wildman–Crippen MR) is 140 cm³/mol. The van der Waals surface area contributed by atoms with Crippen molar-refractivity contribution in [1.82, 2.24) is 5.32 Å². The van der Waals surface area contributed by atoms with Gasteiger partial charge in [0.2, 0.25) is 5.91 Å². The quantitative estimate of drug-likeness (QED) is 0.255. The fraction of sp³-hybridized carbons (Fsp3) is 0.633. The molecule has 2 aliphatic carbocycles. The molecular formula is C30H39NO8. The Morgan fingerprint density at radius 1 is 1.15 bits per heavy atom. The number of fused-ring (bicyclic) bond motifs is 1. The lowest BCUT2D eigenvalue weighted by molar-refractivity contribution is -0.224. The number of rotatable bonds is 3. The van der Waals surface area contributed by atoms with E-state index in [1.165, 1.54) is 13.8 Å². The molecule has 2 aliphatic heterocycles. The van der Waals surface area contributed by atoms with Crippen LogP contribution >= 0.6 is 0 Å². The van der Waals surface area contributed by atoms with Gasteiger partial charge in [0.15, 0.2) is 5.78 Å². The molecule has 12 atom stereocenters. The first kappa shape index (κ1) is 28.0. The number of carbonyl (C=O) groups excluding carboxylic acids is 3. The number of hydrogen-bond acceptors (Lipinski definition) is 8. The largest absolute Gasteiger partial charge is 0.458 e. The van der Waals surface area contributed by atoms with Crippen LogP contribution in [0, 0.1) is 29.1 Å². The third-order valence-electron chi connectivity index (χ3n) is 9.87. The number of allylic oxidation sites excluding steroid dienone is 1. The van der Waals surface area contributed by atoms with Gasteiger partial charge >= 0.3 is 5.97 Å². The van der Waals surface area contributed by atoms with Crippen LogP contribution in [0.2, 0.25) is 0 Å². The van der Waals surface area contributed by atoms with Gasteiger partial charge in [-0.05, 0) is 38.2 Å². The summed E-state index contributed by atoms with van der Waals surface area (Å²) in [6, 6.07) is 9.19. The molecule has 0 aromatic heterocycles. The Morgan fingerprint density at radius 3 is 2.46 bits per heavy atom. The van der Waals surface area contributed by atoms with Crippen molar-refractivity contribution in [1.29, 1.82) is 0 Å². The number of aliphatic hydroxyl groups excluding tert-OH is 1. The van der Waals surface area contributed by atoms with E-state index in [-0.39, 0.29) is 6.42 Å². The van der Waals surface area contributed by atoms with E-state index in [1.807, 2.05) is 30.3 Å². The second kappa shape index (κ2) is 9.51. The highest BCUT2D eigenvalue weighted by atomic mass is 16.6. The number of epoxide rings is 1. The highest BCUT2D eigenvalue weighted by molar-refractivity contribution is 5.91. The SMILES string of the molecule is CC(=O)O[C@@H]1[C@@H]2O[C@H]2[C@@](C)(O)C(=O)[C@@H](C)CC=C[C@H]2[C@H](O)[C@](C)(O)[C@@H](C)[C@H]3[C@H](Cc4ccccc4)NC(=O)[C@@]312. The van der Waals surface area contributed by atoms with E-state index in [0.717, 1.165) is 5.56 Å². The van der Waals surface area contributed by atoms with Gasteiger partial charge in [0, 0.05) is 30.7 Å². The summed E-state index contributed by atoms with van der Waals surface area (Å²) in [6.45, 7) is 7.70. The molecular weight excluding hydrogens is 502 g/mol. The Morgan fingerprint density at radius 2 is 1.82 bits per heavy atom. The molecule has 3 fully saturated rings. The van der Waals surface area contributed by atoms with Crippen molar-refractivity contribution in [2.24, 2.45) is 29.1 Å². The van der Waals surface area contributed by atoms with Gasteiger partial charge in [-0.3, -0.25) is 14.4 Å². The lowest BCUT2D eigenvalue weighted by Gasteiger charge is -2.57. The molecule has 1 saturated carbocycles. The zero-order valence-corrected chi connectivity index (χ0v) is 23.0. The lowest BCUT2D eigenvalue weighted by atomic mass is 9.48. The number of benzene rings is 1. The molecule has 9 heteroatoms. The van der Waals surface area contributed by atoms with E-state index < -0.39 is 88.4 Å². The monoisotopic (exact) mass is 541 g/mol. The minimum atomic E-state index is -1.87. The molecule has 2 saturated heterocycles. The number of nitrogens with one attached hydrogen (secondary N) is 1. The van der Waals surface area contributed by atoms with Crippen molar-refractivity contribution >= 4 is 17.7 Å². The zero-order valence-electron chi connectivity index (χ0n) is 23.0. The summed E-state index contributed by atoms with van der Waals surface area (Å²) < 4.78 is 11.8. The van der Waals surface area contributed by atoms with Crippen LogP contribution in [-0.2, 0) is 30.3 Å². The number of hydrogen-bond donors (Lipinski definition) is 4. The molecule has 1 aromatic rings. The number of esters is 1. The van der Waals surface area contributed by atoms with Crippen LogP contribution in [0.25, 0.3) is 0 Å². The second-order valence-corrected chi connectivity index (χ2v) is 12.3. The minimum absolute atomic E-state index is 0.251. The Balaban J connectivity index is 1.72. The Bertz CT molecular complexity index is 1180. The molecule has 0 radical (unpaired) electrons. The fourth-order valence-corrected chi connectivity index (χ4v) is 7.68. The average molecular weight is 542 g/mol. The molecule has 39 heavy (non-hydrogen) atoms. The first-order valence-corrected chi connectivity index (χ1v) is 13.8. The molecule has 212 valence electrons. The molecule has 4 aliphatic rings. The van der Waals surface area contributed by atoms with Gasteiger partial charge in [-0.1, -0.05) is 56.3 Å². The van der Waals surface area contributed by atoms with Crippen LogP contribution in [0.15, 0.2) is 42.5 Å². The summed E-state index contributed by atoms with van der Waals surface area (Å²) in [4.78, 5) is 40.1. The van der Waals surface area contributed by atoms with E-state index in [2.05, 4.69) is 5.32 Å². The molecule has 1 amide bonds. The number of carbonyl (C=O) groups is 3. The van der Waals surface area contributed by atoms with Crippen molar-refractivity contribution in [2.45, 2.75) is 89.1 Å². The van der Waals surface area contributed by atoms with Crippen molar-refractivity contribution < 1.29 is 39.2 Å². The molecule has 2 heterocycles. The normalized spacial score (nSPS) is 47.2. The third-order valence-corrected chi connectivity index (χ3v) is 9.87. The summed E-state index contributed by atoms with van der Waals surface area (Å²) in [6.07, 6.45) is -0.452. The van der Waals surface area contributed by atoms with E-state index in [1.54, 1.807) is 32.9 Å². The Kier molecular flexibility index (Phi) is 6.81. The summed E-state index contributed by atoms with van der Waals surface area (Å²) in [5, 5.41) is 37.8. The molecule has 4 N–H and O–H groups in total. The van der Waals surface area contributed by atoms with Gasteiger partial charge < -0.3 is 30.1 Å². The van der Waals surface area contributed by atoms with Gasteiger partial charge in [-0.25, -0.2) is 0 Å². The molecule has 0 bridgehead atoms. The van der Waals surface area contributed by atoms with E-state index in [0.29, 0.717) is 6.42 Å². The van der Waals surface area contributed by atoms with Crippen LogP contribution in [-0.4, -0.2) is 74.6 Å². The summed E-state index contributed by atoms with van der Waals surface area (Å²) in [5.74, 6) is -4.21. The highest BCUT2D eigenvalue weighted by Gasteiger charge is 2.76. The van der Waals surface area contributed by atoms with Gasteiger partial charge in [-0.2, -0.15) is 0 Å². The zero-order chi connectivity index (χ0) is 28.5. The number of amides is 1. The Hall–Kier alpha value is -2.59. The lowest BCUT2D eigenvalue weighted by Crippen LogP contribution is -2.69. The number of Topliss-reactive ketones (excluding diaryl/α,β-unsaturated/α-hetero) is 1. The first-order valence-electron chi connectivity index (χ1n) is 13.8. The van der Waals surface area contributed by atoms with Crippen LogP contribution in [0.1, 0.15) is 46.6 Å². The van der Waals surface area contributed by atoms with Gasteiger partial charge in [0.1, 0.15) is 29.3 Å². The van der Waals surface area contributed by atoms with Gasteiger partial charge in [0.25, 0.3) is 0 Å². The fourth-order valence-electron chi connectivity index (χ4n) is 7.68. The first-order chi connectivity index (χ1) is 18.2. The second-order valence-electron chi connectivity index (χ2n) is 12.3. The van der Waals surface area contributed by atoms with Gasteiger partial charge in [0.05, 0.1) is 11.7 Å². The van der Waals surface area contributed by atoms with Crippen molar-refractivity contribution in [2.75, 3.05) is 0 Å². The predicted octanol–water partition coefficient (Wildman–Crippen LogP) is 1.32. The highest BCUT2D eigenvalue weighted by Crippen LogP contribution is 2.62. The van der Waals surface area contributed by atoms with E-state index >= 15 is 0 Å². The molecule has 5 rings (SSSR count). The molecule has 1 aromatic carbocycles. The van der Waals surface area contributed by atoms with Crippen LogP contribution in [0.4, 0.5) is 0 Å².